The first-order chi connectivity index (χ1) is 7.95. The van der Waals surface area contributed by atoms with Gasteiger partial charge in [-0.05, 0) is 54.8 Å². The van der Waals surface area contributed by atoms with Gasteiger partial charge in [0.25, 0.3) is 0 Å². The molecule has 1 heteroatoms. The smallest absolute Gasteiger partial charge is 0.0257 e. The number of alkyl halides is 1. The van der Waals surface area contributed by atoms with Crippen LogP contribution < -0.4 is 0 Å². The lowest BCUT2D eigenvalue weighted by Gasteiger charge is -2.26. The van der Waals surface area contributed by atoms with Crippen molar-refractivity contribution in [3.05, 3.63) is 0 Å². The highest BCUT2D eigenvalue weighted by Gasteiger charge is 2.39. The molecule has 0 bridgehead atoms. The van der Waals surface area contributed by atoms with Gasteiger partial charge in [0.15, 0.2) is 0 Å². The fourth-order valence-corrected chi connectivity index (χ4v) is 4.19. The molecule has 0 radical (unpaired) electrons. The Morgan fingerprint density at radius 1 is 1.06 bits per heavy atom. The van der Waals surface area contributed by atoms with E-state index in [1.165, 1.54) is 25.7 Å². The van der Waals surface area contributed by atoms with Gasteiger partial charge in [0, 0.05) is 5.88 Å². The Balaban J connectivity index is 2.60. The van der Waals surface area contributed by atoms with Gasteiger partial charge >= 0.3 is 0 Å². The van der Waals surface area contributed by atoms with Gasteiger partial charge in [-0.1, -0.05) is 41.0 Å². The first-order valence-corrected chi connectivity index (χ1v) is 8.05. The molecule has 1 aliphatic rings. The standard InChI is InChI=1S/C16H31Cl/c1-11(2)6-7-14-9-13(5)16(10-17)15(14)8-12(3)4/h11-16H,6-10H2,1-5H3. The van der Waals surface area contributed by atoms with Crippen molar-refractivity contribution in [2.75, 3.05) is 5.88 Å². The van der Waals surface area contributed by atoms with E-state index < -0.39 is 0 Å². The summed E-state index contributed by atoms with van der Waals surface area (Å²) in [6.07, 6.45) is 5.61. The fraction of sp³-hybridized carbons (Fsp3) is 1.00. The Bertz CT molecular complexity index is 210. The first-order valence-electron chi connectivity index (χ1n) is 7.51. The van der Waals surface area contributed by atoms with Gasteiger partial charge in [0.2, 0.25) is 0 Å². The van der Waals surface area contributed by atoms with Crippen LogP contribution in [-0.4, -0.2) is 5.88 Å². The molecule has 0 aromatic heterocycles. The minimum absolute atomic E-state index is 0.774. The molecule has 0 aromatic rings. The van der Waals surface area contributed by atoms with Crippen molar-refractivity contribution in [1.29, 1.82) is 0 Å². The number of hydrogen-bond donors (Lipinski definition) is 0. The SMILES string of the molecule is CC(C)CCC1CC(C)C(CCl)C1CC(C)C. The Hall–Kier alpha value is 0.290. The zero-order valence-corrected chi connectivity index (χ0v) is 13.1. The largest absolute Gasteiger partial charge is 0.126 e. The van der Waals surface area contributed by atoms with E-state index in [0.29, 0.717) is 0 Å². The van der Waals surface area contributed by atoms with Gasteiger partial charge in [-0.3, -0.25) is 0 Å². The predicted octanol–water partition coefficient (Wildman–Crippen LogP) is 5.60. The Morgan fingerprint density at radius 3 is 2.18 bits per heavy atom. The molecule has 0 N–H and O–H groups in total. The molecule has 1 rings (SSSR count). The quantitative estimate of drug-likeness (QED) is 0.545. The summed E-state index contributed by atoms with van der Waals surface area (Å²) in [4.78, 5) is 0. The molecule has 0 spiro atoms. The molecule has 1 fully saturated rings. The molecule has 4 atom stereocenters. The zero-order valence-electron chi connectivity index (χ0n) is 12.4. The molecule has 0 aromatic carbocycles. The van der Waals surface area contributed by atoms with Gasteiger partial charge < -0.3 is 0 Å². The Kier molecular flexibility index (Phi) is 6.34. The highest BCUT2D eigenvalue weighted by Crippen LogP contribution is 2.47. The molecular weight excluding hydrogens is 228 g/mol. The highest BCUT2D eigenvalue weighted by atomic mass is 35.5. The van der Waals surface area contributed by atoms with Crippen molar-refractivity contribution < 1.29 is 0 Å². The molecular formula is C16H31Cl. The average Bonchev–Trinajstić information content (AvgIpc) is 2.51. The van der Waals surface area contributed by atoms with E-state index in [0.717, 1.165) is 41.4 Å². The van der Waals surface area contributed by atoms with Crippen LogP contribution in [0.5, 0.6) is 0 Å². The third-order valence-electron chi connectivity index (χ3n) is 4.60. The molecule has 0 saturated heterocycles. The van der Waals surface area contributed by atoms with Gasteiger partial charge in [-0.25, -0.2) is 0 Å². The normalized spacial score (nSPS) is 33.9. The number of rotatable bonds is 6. The minimum atomic E-state index is 0.774. The van der Waals surface area contributed by atoms with Crippen molar-refractivity contribution in [3.8, 4) is 0 Å². The van der Waals surface area contributed by atoms with Crippen molar-refractivity contribution in [1.82, 2.24) is 0 Å². The summed E-state index contributed by atoms with van der Waals surface area (Å²) >= 11 is 6.21. The van der Waals surface area contributed by atoms with E-state index in [4.69, 9.17) is 11.6 Å². The van der Waals surface area contributed by atoms with Gasteiger partial charge in [0.1, 0.15) is 0 Å². The number of halogens is 1. The lowest BCUT2D eigenvalue weighted by Crippen LogP contribution is -2.20. The van der Waals surface area contributed by atoms with Crippen LogP contribution in [-0.2, 0) is 0 Å². The molecule has 0 heterocycles. The summed E-state index contributed by atoms with van der Waals surface area (Å²) in [6, 6.07) is 0. The first kappa shape index (κ1) is 15.3. The van der Waals surface area contributed by atoms with Crippen LogP contribution in [0.15, 0.2) is 0 Å². The summed E-state index contributed by atoms with van der Waals surface area (Å²) in [5.74, 6) is 5.98. The maximum atomic E-state index is 6.21. The van der Waals surface area contributed by atoms with Crippen LogP contribution in [0.2, 0.25) is 0 Å². The van der Waals surface area contributed by atoms with Gasteiger partial charge in [-0.15, -0.1) is 11.6 Å². The van der Waals surface area contributed by atoms with E-state index in [1.807, 2.05) is 0 Å². The second kappa shape index (κ2) is 7.02. The van der Waals surface area contributed by atoms with E-state index in [1.54, 1.807) is 0 Å². The van der Waals surface area contributed by atoms with Crippen LogP contribution >= 0.6 is 11.6 Å². The second-order valence-corrected chi connectivity index (χ2v) is 7.36. The van der Waals surface area contributed by atoms with Crippen LogP contribution in [0.4, 0.5) is 0 Å². The third-order valence-corrected chi connectivity index (χ3v) is 4.95. The molecule has 0 amide bonds. The lowest BCUT2D eigenvalue weighted by molar-refractivity contribution is 0.246. The molecule has 0 aliphatic heterocycles. The van der Waals surface area contributed by atoms with E-state index in [2.05, 4.69) is 34.6 Å². The molecule has 1 saturated carbocycles. The summed E-state index contributed by atoms with van der Waals surface area (Å²) in [7, 11) is 0. The molecule has 102 valence electrons. The monoisotopic (exact) mass is 258 g/mol. The van der Waals surface area contributed by atoms with E-state index in [9.17, 15) is 0 Å². The van der Waals surface area contributed by atoms with Crippen molar-refractivity contribution in [3.63, 3.8) is 0 Å². The van der Waals surface area contributed by atoms with E-state index in [-0.39, 0.29) is 0 Å². The summed E-state index contributed by atoms with van der Waals surface area (Å²) in [5.41, 5.74) is 0. The second-order valence-electron chi connectivity index (χ2n) is 7.06. The Labute approximate surface area is 114 Å². The Morgan fingerprint density at radius 2 is 1.71 bits per heavy atom. The minimum Gasteiger partial charge on any atom is -0.126 e. The van der Waals surface area contributed by atoms with Crippen molar-refractivity contribution in [2.45, 2.75) is 60.3 Å². The summed E-state index contributed by atoms with van der Waals surface area (Å²) in [5, 5.41) is 0. The van der Waals surface area contributed by atoms with Gasteiger partial charge in [0.05, 0.1) is 0 Å². The predicted molar refractivity (Wildman–Crippen MR) is 78.5 cm³/mol. The lowest BCUT2D eigenvalue weighted by atomic mass is 9.80. The van der Waals surface area contributed by atoms with Crippen molar-refractivity contribution in [2.24, 2.45) is 35.5 Å². The fourth-order valence-electron chi connectivity index (χ4n) is 3.66. The maximum Gasteiger partial charge on any atom is 0.0257 e. The van der Waals surface area contributed by atoms with Crippen LogP contribution in [0.3, 0.4) is 0 Å². The van der Waals surface area contributed by atoms with E-state index >= 15 is 0 Å². The molecule has 0 nitrogen and oxygen atoms in total. The van der Waals surface area contributed by atoms with Crippen LogP contribution in [0.1, 0.15) is 60.3 Å². The third kappa shape index (κ3) is 4.47. The molecule has 17 heavy (non-hydrogen) atoms. The van der Waals surface area contributed by atoms with Crippen LogP contribution in [0, 0.1) is 35.5 Å². The van der Waals surface area contributed by atoms with Crippen molar-refractivity contribution >= 4 is 11.6 Å². The number of hydrogen-bond acceptors (Lipinski definition) is 0. The topological polar surface area (TPSA) is 0 Å². The molecule has 1 aliphatic carbocycles. The molecule has 4 unspecified atom stereocenters. The van der Waals surface area contributed by atoms with Gasteiger partial charge in [-0.2, -0.15) is 0 Å². The summed E-state index contributed by atoms with van der Waals surface area (Å²) in [6.45, 7) is 11.8. The average molecular weight is 259 g/mol. The maximum absolute atomic E-state index is 6.21. The van der Waals surface area contributed by atoms with Crippen LogP contribution in [0.25, 0.3) is 0 Å². The zero-order chi connectivity index (χ0) is 13.0. The highest BCUT2D eigenvalue weighted by molar-refractivity contribution is 6.18. The summed E-state index contributed by atoms with van der Waals surface area (Å²) < 4.78 is 0.